The molecule has 0 amide bonds. The molecular formula is C10H8ClFN2S. The molecule has 0 unspecified atom stereocenters. The van der Waals surface area contributed by atoms with Crippen LogP contribution in [0.4, 0.5) is 4.39 Å². The van der Waals surface area contributed by atoms with Crippen molar-refractivity contribution in [1.82, 2.24) is 4.37 Å². The second-order valence-corrected chi connectivity index (χ2v) is 4.33. The third-order valence-corrected chi connectivity index (χ3v) is 3.01. The average molecular weight is 243 g/mol. The predicted octanol–water partition coefficient (Wildman–Crippen LogP) is 3.06. The number of rotatable bonds is 2. The van der Waals surface area contributed by atoms with Gasteiger partial charge in [0, 0.05) is 22.0 Å². The lowest BCUT2D eigenvalue weighted by molar-refractivity contribution is 0.631. The van der Waals surface area contributed by atoms with Crippen LogP contribution in [0.3, 0.4) is 0 Å². The van der Waals surface area contributed by atoms with E-state index in [1.54, 1.807) is 12.1 Å². The van der Waals surface area contributed by atoms with Gasteiger partial charge in [0.25, 0.3) is 0 Å². The van der Waals surface area contributed by atoms with Crippen molar-refractivity contribution in [3.05, 3.63) is 40.0 Å². The molecule has 0 aliphatic heterocycles. The topological polar surface area (TPSA) is 38.9 Å². The Bertz CT molecular complexity index is 484. The first kappa shape index (κ1) is 10.5. The standard InChI is InChI=1S/C10H8ClFN2S/c11-6-1-2-9(12)8(3-6)10-4-7(5-13)15-14-10/h1-4H,5,13H2. The molecule has 0 saturated carbocycles. The number of hydrogen-bond donors (Lipinski definition) is 1. The molecule has 15 heavy (non-hydrogen) atoms. The van der Waals surface area contributed by atoms with Crippen LogP contribution in [0, 0.1) is 5.82 Å². The van der Waals surface area contributed by atoms with E-state index >= 15 is 0 Å². The normalized spacial score (nSPS) is 10.6. The van der Waals surface area contributed by atoms with Crippen LogP contribution < -0.4 is 5.73 Å². The Morgan fingerprint density at radius 1 is 1.40 bits per heavy atom. The second kappa shape index (κ2) is 4.26. The zero-order valence-electron chi connectivity index (χ0n) is 7.71. The first-order valence-corrected chi connectivity index (χ1v) is 5.47. The monoisotopic (exact) mass is 242 g/mol. The van der Waals surface area contributed by atoms with Crippen molar-refractivity contribution < 1.29 is 4.39 Å². The molecule has 0 radical (unpaired) electrons. The molecule has 0 aliphatic rings. The second-order valence-electron chi connectivity index (χ2n) is 3.01. The molecule has 2 N–H and O–H groups in total. The lowest BCUT2D eigenvalue weighted by Gasteiger charge is -1.99. The van der Waals surface area contributed by atoms with Crippen molar-refractivity contribution in [3.63, 3.8) is 0 Å². The van der Waals surface area contributed by atoms with Crippen molar-refractivity contribution in [3.8, 4) is 11.3 Å². The van der Waals surface area contributed by atoms with Crippen molar-refractivity contribution in [2.45, 2.75) is 6.54 Å². The van der Waals surface area contributed by atoms with Gasteiger partial charge in [-0.2, -0.15) is 4.37 Å². The highest BCUT2D eigenvalue weighted by molar-refractivity contribution is 7.06. The molecule has 2 aromatic rings. The van der Waals surface area contributed by atoms with Gasteiger partial charge in [-0.15, -0.1) is 0 Å². The summed E-state index contributed by atoms with van der Waals surface area (Å²) in [5.74, 6) is -0.326. The van der Waals surface area contributed by atoms with Gasteiger partial charge < -0.3 is 5.73 Å². The first-order valence-electron chi connectivity index (χ1n) is 4.32. The Labute approximate surface area is 95.7 Å². The summed E-state index contributed by atoms with van der Waals surface area (Å²) in [5, 5.41) is 0.494. The van der Waals surface area contributed by atoms with Crippen molar-refractivity contribution >= 4 is 23.1 Å². The highest BCUT2D eigenvalue weighted by Crippen LogP contribution is 2.27. The van der Waals surface area contributed by atoms with Gasteiger partial charge in [-0.05, 0) is 35.8 Å². The molecule has 0 bridgehead atoms. The Morgan fingerprint density at radius 2 is 2.20 bits per heavy atom. The average Bonchev–Trinajstić information content (AvgIpc) is 2.70. The van der Waals surface area contributed by atoms with Gasteiger partial charge in [0.2, 0.25) is 0 Å². The van der Waals surface area contributed by atoms with Crippen LogP contribution in [0.1, 0.15) is 4.88 Å². The van der Waals surface area contributed by atoms with Crippen LogP contribution in [-0.4, -0.2) is 4.37 Å². The Hall–Kier alpha value is -0.970. The van der Waals surface area contributed by atoms with Gasteiger partial charge in [-0.3, -0.25) is 0 Å². The number of hydrogen-bond acceptors (Lipinski definition) is 3. The summed E-state index contributed by atoms with van der Waals surface area (Å²) in [6, 6.07) is 6.18. The van der Waals surface area contributed by atoms with E-state index in [1.807, 2.05) is 0 Å². The van der Waals surface area contributed by atoms with E-state index in [9.17, 15) is 4.39 Å². The smallest absolute Gasteiger partial charge is 0.132 e. The van der Waals surface area contributed by atoms with Gasteiger partial charge in [-0.1, -0.05) is 11.6 Å². The number of nitrogens with two attached hydrogens (primary N) is 1. The Balaban J connectivity index is 2.48. The molecule has 78 valence electrons. The maximum Gasteiger partial charge on any atom is 0.132 e. The summed E-state index contributed by atoms with van der Waals surface area (Å²) < 4.78 is 17.6. The number of aromatic nitrogens is 1. The van der Waals surface area contributed by atoms with E-state index in [0.717, 1.165) is 4.88 Å². The first-order chi connectivity index (χ1) is 7.20. The summed E-state index contributed by atoms with van der Waals surface area (Å²) in [4.78, 5) is 0.921. The van der Waals surface area contributed by atoms with Crippen LogP contribution in [0.5, 0.6) is 0 Å². The summed E-state index contributed by atoms with van der Waals surface area (Å²) in [5.41, 5.74) is 6.46. The zero-order chi connectivity index (χ0) is 10.8. The fourth-order valence-corrected chi connectivity index (χ4v) is 2.01. The molecule has 1 heterocycles. The van der Waals surface area contributed by atoms with Gasteiger partial charge in [0.05, 0.1) is 5.69 Å². The molecule has 0 spiro atoms. The number of nitrogens with zero attached hydrogens (tertiary/aromatic N) is 1. The third kappa shape index (κ3) is 2.17. The van der Waals surface area contributed by atoms with Gasteiger partial charge in [0.1, 0.15) is 5.82 Å². The molecule has 1 aromatic heterocycles. The Kier molecular flexibility index (Phi) is 3.00. The lowest BCUT2D eigenvalue weighted by Crippen LogP contribution is -1.91. The molecule has 0 saturated heterocycles. The Morgan fingerprint density at radius 3 is 2.87 bits per heavy atom. The highest BCUT2D eigenvalue weighted by Gasteiger charge is 2.09. The lowest BCUT2D eigenvalue weighted by atomic mass is 10.1. The highest BCUT2D eigenvalue weighted by atomic mass is 35.5. The largest absolute Gasteiger partial charge is 0.326 e. The zero-order valence-corrected chi connectivity index (χ0v) is 9.28. The molecule has 0 atom stereocenters. The van der Waals surface area contributed by atoms with Crippen LogP contribution in [0.15, 0.2) is 24.3 Å². The van der Waals surface area contributed by atoms with Gasteiger partial charge in [-0.25, -0.2) is 4.39 Å². The van der Waals surface area contributed by atoms with E-state index in [-0.39, 0.29) is 5.82 Å². The van der Waals surface area contributed by atoms with E-state index in [1.165, 1.54) is 23.7 Å². The number of halogens is 2. The van der Waals surface area contributed by atoms with Crippen LogP contribution in [-0.2, 0) is 6.54 Å². The van der Waals surface area contributed by atoms with E-state index in [0.29, 0.717) is 22.8 Å². The minimum atomic E-state index is -0.326. The molecule has 5 heteroatoms. The van der Waals surface area contributed by atoms with E-state index in [2.05, 4.69) is 4.37 Å². The van der Waals surface area contributed by atoms with Crippen LogP contribution >= 0.6 is 23.1 Å². The number of benzene rings is 1. The van der Waals surface area contributed by atoms with Crippen LogP contribution in [0.2, 0.25) is 5.02 Å². The maximum atomic E-state index is 13.4. The van der Waals surface area contributed by atoms with Crippen molar-refractivity contribution in [2.24, 2.45) is 5.73 Å². The molecule has 0 fully saturated rings. The quantitative estimate of drug-likeness (QED) is 0.879. The minimum absolute atomic E-state index is 0.326. The van der Waals surface area contributed by atoms with Crippen LogP contribution in [0.25, 0.3) is 11.3 Å². The summed E-state index contributed by atoms with van der Waals surface area (Å²) in [6.07, 6.45) is 0. The predicted molar refractivity (Wildman–Crippen MR) is 60.4 cm³/mol. The summed E-state index contributed by atoms with van der Waals surface area (Å²) in [6.45, 7) is 0.417. The van der Waals surface area contributed by atoms with E-state index in [4.69, 9.17) is 17.3 Å². The molecule has 2 rings (SSSR count). The van der Waals surface area contributed by atoms with E-state index < -0.39 is 0 Å². The fraction of sp³-hybridized carbons (Fsp3) is 0.100. The third-order valence-electron chi connectivity index (χ3n) is 1.96. The van der Waals surface area contributed by atoms with Crippen molar-refractivity contribution in [1.29, 1.82) is 0 Å². The molecule has 2 nitrogen and oxygen atoms in total. The summed E-state index contributed by atoms with van der Waals surface area (Å²) in [7, 11) is 0. The fourth-order valence-electron chi connectivity index (χ4n) is 1.23. The molecule has 0 aliphatic carbocycles. The van der Waals surface area contributed by atoms with Crippen molar-refractivity contribution in [2.75, 3.05) is 0 Å². The minimum Gasteiger partial charge on any atom is -0.326 e. The SMILES string of the molecule is NCc1cc(-c2cc(Cl)ccc2F)ns1. The maximum absolute atomic E-state index is 13.4. The van der Waals surface area contributed by atoms with Gasteiger partial charge in [0.15, 0.2) is 0 Å². The summed E-state index contributed by atoms with van der Waals surface area (Å²) >= 11 is 7.07. The molecular weight excluding hydrogens is 235 g/mol. The molecule has 1 aromatic carbocycles. The van der Waals surface area contributed by atoms with Gasteiger partial charge >= 0.3 is 0 Å².